The van der Waals surface area contributed by atoms with Gasteiger partial charge in [-0.1, -0.05) is 19.9 Å². The van der Waals surface area contributed by atoms with Crippen molar-refractivity contribution in [2.45, 2.75) is 20.4 Å². The van der Waals surface area contributed by atoms with Crippen LogP contribution in [0.2, 0.25) is 0 Å². The van der Waals surface area contributed by atoms with Gasteiger partial charge in [-0.2, -0.15) is 11.8 Å². The summed E-state index contributed by atoms with van der Waals surface area (Å²) >= 11 is 1.86. The summed E-state index contributed by atoms with van der Waals surface area (Å²) in [6, 6.07) is 6.25. The van der Waals surface area contributed by atoms with E-state index in [0.717, 1.165) is 36.9 Å². The van der Waals surface area contributed by atoms with E-state index in [2.05, 4.69) is 60.6 Å². The van der Waals surface area contributed by atoms with E-state index >= 15 is 0 Å². The minimum absolute atomic E-state index is 0.678. The van der Waals surface area contributed by atoms with Gasteiger partial charge in [-0.3, -0.25) is 0 Å². The van der Waals surface area contributed by atoms with Crippen molar-refractivity contribution in [2.75, 3.05) is 37.0 Å². The van der Waals surface area contributed by atoms with Gasteiger partial charge in [0.1, 0.15) is 5.82 Å². The quantitative estimate of drug-likeness (QED) is 0.784. The Morgan fingerprint density at radius 2 is 2.17 bits per heavy atom. The first-order valence-corrected chi connectivity index (χ1v) is 7.89. The normalized spacial score (nSPS) is 10.9. The molecule has 1 N–H and O–H groups in total. The van der Waals surface area contributed by atoms with Gasteiger partial charge in [-0.15, -0.1) is 0 Å². The molecule has 18 heavy (non-hydrogen) atoms. The van der Waals surface area contributed by atoms with Crippen LogP contribution in [0.25, 0.3) is 0 Å². The molecule has 0 unspecified atom stereocenters. The zero-order chi connectivity index (χ0) is 13.4. The van der Waals surface area contributed by atoms with Crippen molar-refractivity contribution in [3.8, 4) is 0 Å². The van der Waals surface area contributed by atoms with E-state index < -0.39 is 0 Å². The molecular formula is C14H25N3S. The molecule has 0 spiro atoms. The first-order valence-electron chi connectivity index (χ1n) is 6.50. The number of anilines is 1. The molecular weight excluding hydrogens is 242 g/mol. The fraction of sp³-hybridized carbons (Fsp3) is 0.643. The maximum atomic E-state index is 4.68. The number of nitrogens with one attached hydrogen (secondary N) is 1. The maximum Gasteiger partial charge on any atom is 0.128 e. The highest BCUT2D eigenvalue weighted by molar-refractivity contribution is 7.98. The zero-order valence-corrected chi connectivity index (χ0v) is 12.8. The average molecular weight is 267 g/mol. The van der Waals surface area contributed by atoms with Crippen molar-refractivity contribution in [3.63, 3.8) is 0 Å². The van der Waals surface area contributed by atoms with Gasteiger partial charge in [-0.25, -0.2) is 4.98 Å². The van der Waals surface area contributed by atoms with Gasteiger partial charge in [0.15, 0.2) is 0 Å². The Morgan fingerprint density at radius 3 is 2.83 bits per heavy atom. The summed E-state index contributed by atoms with van der Waals surface area (Å²) in [5.74, 6) is 2.87. The number of hydrogen-bond acceptors (Lipinski definition) is 4. The second-order valence-corrected chi connectivity index (χ2v) is 5.91. The largest absolute Gasteiger partial charge is 0.359 e. The van der Waals surface area contributed by atoms with Crippen LogP contribution in [0, 0.1) is 5.92 Å². The summed E-state index contributed by atoms with van der Waals surface area (Å²) < 4.78 is 0. The van der Waals surface area contributed by atoms with Gasteiger partial charge >= 0.3 is 0 Å². The topological polar surface area (TPSA) is 28.2 Å². The van der Waals surface area contributed by atoms with E-state index in [1.54, 1.807) is 0 Å². The Kier molecular flexibility index (Phi) is 7.13. The van der Waals surface area contributed by atoms with E-state index in [9.17, 15) is 0 Å². The Bertz CT molecular complexity index is 342. The molecule has 1 heterocycles. The third-order valence-electron chi connectivity index (χ3n) is 2.67. The highest BCUT2D eigenvalue weighted by Gasteiger charge is 2.03. The fourth-order valence-electron chi connectivity index (χ4n) is 1.61. The third kappa shape index (κ3) is 5.74. The molecule has 0 radical (unpaired) electrons. The highest BCUT2D eigenvalue weighted by Crippen LogP contribution is 2.10. The first-order chi connectivity index (χ1) is 8.63. The molecule has 0 atom stereocenters. The van der Waals surface area contributed by atoms with Crippen LogP contribution in [-0.4, -0.2) is 37.1 Å². The number of pyridine rings is 1. The third-order valence-corrected chi connectivity index (χ3v) is 3.26. The van der Waals surface area contributed by atoms with Crippen molar-refractivity contribution in [1.29, 1.82) is 0 Å². The monoisotopic (exact) mass is 267 g/mol. The molecule has 1 aromatic rings. The molecule has 1 aromatic heterocycles. The number of aromatic nitrogens is 1. The van der Waals surface area contributed by atoms with Gasteiger partial charge in [0.25, 0.3) is 0 Å². The van der Waals surface area contributed by atoms with Crippen molar-refractivity contribution in [2.24, 2.45) is 5.92 Å². The molecule has 102 valence electrons. The van der Waals surface area contributed by atoms with Crippen molar-refractivity contribution in [3.05, 3.63) is 23.9 Å². The van der Waals surface area contributed by atoms with Crippen molar-refractivity contribution >= 4 is 17.6 Å². The predicted octanol–water partition coefficient (Wildman–Crippen LogP) is 2.63. The molecule has 3 nitrogen and oxygen atoms in total. The van der Waals surface area contributed by atoms with Gasteiger partial charge < -0.3 is 10.2 Å². The van der Waals surface area contributed by atoms with E-state index in [1.807, 2.05) is 11.8 Å². The van der Waals surface area contributed by atoms with Crippen LogP contribution in [0.1, 0.15) is 19.5 Å². The standard InChI is InChI=1S/C14H25N3S/c1-12(2)10-15-11-13-6-5-7-14(16-13)17(3)8-9-18-4/h5-7,12,15H,8-11H2,1-4H3. The van der Waals surface area contributed by atoms with Crippen molar-refractivity contribution < 1.29 is 0 Å². The van der Waals surface area contributed by atoms with E-state index in [0.29, 0.717) is 5.92 Å². The van der Waals surface area contributed by atoms with Gasteiger partial charge in [0, 0.05) is 25.9 Å². The molecule has 0 aliphatic carbocycles. The Morgan fingerprint density at radius 1 is 1.39 bits per heavy atom. The van der Waals surface area contributed by atoms with Crippen LogP contribution >= 0.6 is 11.8 Å². The second kappa shape index (κ2) is 8.38. The van der Waals surface area contributed by atoms with Gasteiger partial charge in [-0.05, 0) is 30.9 Å². The lowest BCUT2D eigenvalue weighted by atomic mass is 10.2. The van der Waals surface area contributed by atoms with Crippen LogP contribution in [0.3, 0.4) is 0 Å². The Hall–Kier alpha value is -0.740. The lowest BCUT2D eigenvalue weighted by molar-refractivity contribution is 0.548. The minimum Gasteiger partial charge on any atom is -0.359 e. The zero-order valence-electron chi connectivity index (χ0n) is 11.9. The van der Waals surface area contributed by atoms with Crippen molar-refractivity contribution in [1.82, 2.24) is 10.3 Å². The summed E-state index contributed by atoms with van der Waals surface area (Å²) in [5, 5.41) is 3.43. The number of hydrogen-bond donors (Lipinski definition) is 1. The molecule has 0 bridgehead atoms. The molecule has 1 rings (SSSR count). The van der Waals surface area contributed by atoms with Gasteiger partial charge in [0.05, 0.1) is 5.69 Å². The molecule has 0 aromatic carbocycles. The Labute approximate surface area is 115 Å². The maximum absolute atomic E-state index is 4.68. The molecule has 0 saturated carbocycles. The molecule has 0 amide bonds. The van der Waals surface area contributed by atoms with E-state index in [-0.39, 0.29) is 0 Å². The lowest BCUT2D eigenvalue weighted by Gasteiger charge is -2.18. The number of rotatable bonds is 8. The summed E-state index contributed by atoms with van der Waals surface area (Å²) in [7, 11) is 2.10. The molecule has 4 heteroatoms. The summed E-state index contributed by atoms with van der Waals surface area (Å²) in [6.07, 6.45) is 2.13. The fourth-order valence-corrected chi connectivity index (χ4v) is 2.07. The van der Waals surface area contributed by atoms with Crippen LogP contribution in [-0.2, 0) is 6.54 Å². The summed E-state index contributed by atoms with van der Waals surface area (Å²) in [4.78, 5) is 6.89. The summed E-state index contributed by atoms with van der Waals surface area (Å²) in [6.45, 7) is 7.35. The Balaban J connectivity index is 2.50. The molecule has 0 aliphatic rings. The SMILES string of the molecule is CSCCN(C)c1cccc(CNCC(C)C)n1. The van der Waals surface area contributed by atoms with Gasteiger partial charge in [0.2, 0.25) is 0 Å². The predicted molar refractivity (Wildman–Crippen MR) is 82.4 cm³/mol. The molecule has 0 aliphatic heterocycles. The average Bonchev–Trinajstić information content (AvgIpc) is 2.36. The smallest absolute Gasteiger partial charge is 0.128 e. The first kappa shape index (κ1) is 15.3. The van der Waals surface area contributed by atoms with E-state index in [4.69, 9.17) is 0 Å². The van der Waals surface area contributed by atoms with Crippen LogP contribution in [0.4, 0.5) is 5.82 Å². The highest BCUT2D eigenvalue weighted by atomic mass is 32.2. The minimum atomic E-state index is 0.678. The lowest BCUT2D eigenvalue weighted by Crippen LogP contribution is -2.23. The van der Waals surface area contributed by atoms with Crippen LogP contribution in [0.5, 0.6) is 0 Å². The van der Waals surface area contributed by atoms with Crippen LogP contribution in [0.15, 0.2) is 18.2 Å². The number of nitrogens with zero attached hydrogens (tertiary/aromatic N) is 2. The molecule has 0 saturated heterocycles. The second-order valence-electron chi connectivity index (χ2n) is 4.93. The van der Waals surface area contributed by atoms with Crippen LogP contribution < -0.4 is 10.2 Å². The molecule has 0 fully saturated rings. The van der Waals surface area contributed by atoms with E-state index in [1.165, 1.54) is 0 Å². The number of thioether (sulfide) groups is 1. The summed E-state index contributed by atoms with van der Waals surface area (Å²) in [5.41, 5.74) is 1.11.